The highest BCUT2D eigenvalue weighted by Crippen LogP contribution is 2.55. The molecule has 0 N–H and O–H groups in total. The van der Waals surface area contributed by atoms with E-state index in [1.165, 1.54) is 11.8 Å². The zero-order valence-corrected chi connectivity index (χ0v) is 19.9. The summed E-state index contributed by atoms with van der Waals surface area (Å²) >= 11 is 7.94. The topological polar surface area (TPSA) is 49.9 Å². The van der Waals surface area contributed by atoms with Crippen LogP contribution in [0.4, 0.5) is 5.69 Å². The number of hydrogen-bond acceptors (Lipinski definition) is 4. The number of anilines is 1. The van der Waals surface area contributed by atoms with Crippen molar-refractivity contribution in [3.05, 3.63) is 94.0 Å². The largest absolute Gasteiger partial charge is 0.497 e. The zero-order valence-electron chi connectivity index (χ0n) is 18.4. The standard InChI is InChI=1S/C26H23ClN2O3S/c1-17-10-11-23-21(14-17)26(25(31)28(23)16-19-6-3-4-9-22(19)27)29(12-13-33-26)24(30)18-7-5-8-20(15-18)32-2/h3-11,14-15H,12-13,16H2,1-2H3/t26-/m1/s1. The molecule has 3 aromatic carbocycles. The van der Waals surface area contributed by atoms with Gasteiger partial charge >= 0.3 is 0 Å². The van der Waals surface area contributed by atoms with E-state index in [2.05, 4.69) is 0 Å². The van der Waals surface area contributed by atoms with Crippen molar-refractivity contribution in [2.24, 2.45) is 0 Å². The summed E-state index contributed by atoms with van der Waals surface area (Å²) < 4.78 is 5.31. The molecule has 0 bridgehead atoms. The number of benzene rings is 3. The van der Waals surface area contributed by atoms with Gasteiger partial charge in [-0.25, -0.2) is 0 Å². The molecule has 0 aliphatic carbocycles. The average molecular weight is 479 g/mol. The van der Waals surface area contributed by atoms with Crippen LogP contribution in [0.25, 0.3) is 0 Å². The van der Waals surface area contributed by atoms with E-state index in [4.69, 9.17) is 16.3 Å². The number of methoxy groups -OCH3 is 1. The van der Waals surface area contributed by atoms with Gasteiger partial charge in [-0.1, -0.05) is 53.6 Å². The van der Waals surface area contributed by atoms with E-state index >= 15 is 0 Å². The Morgan fingerprint density at radius 2 is 1.94 bits per heavy atom. The fourth-order valence-electron chi connectivity index (χ4n) is 4.59. The number of rotatable bonds is 4. The third-order valence-corrected chi connectivity index (χ3v) is 7.99. The number of nitrogens with zero attached hydrogens (tertiary/aromatic N) is 2. The van der Waals surface area contributed by atoms with Crippen molar-refractivity contribution in [2.75, 3.05) is 24.3 Å². The lowest BCUT2D eigenvalue weighted by Gasteiger charge is -2.33. The van der Waals surface area contributed by atoms with Crippen molar-refractivity contribution in [1.82, 2.24) is 4.90 Å². The summed E-state index contributed by atoms with van der Waals surface area (Å²) in [5, 5.41) is 0.614. The Labute approximate surface area is 202 Å². The van der Waals surface area contributed by atoms with Crippen LogP contribution in [-0.4, -0.2) is 36.1 Å². The number of thioether (sulfide) groups is 1. The Bertz CT molecular complexity index is 1260. The van der Waals surface area contributed by atoms with Crippen LogP contribution in [0.5, 0.6) is 5.75 Å². The van der Waals surface area contributed by atoms with Gasteiger partial charge < -0.3 is 14.5 Å². The van der Waals surface area contributed by atoms with Gasteiger partial charge in [0, 0.05) is 28.4 Å². The first kappa shape index (κ1) is 21.9. The minimum Gasteiger partial charge on any atom is -0.497 e. The van der Waals surface area contributed by atoms with Crippen LogP contribution in [0, 0.1) is 6.92 Å². The van der Waals surface area contributed by atoms with Gasteiger partial charge in [0.05, 0.1) is 19.3 Å². The van der Waals surface area contributed by atoms with E-state index < -0.39 is 4.87 Å². The summed E-state index contributed by atoms with van der Waals surface area (Å²) in [4.78, 5) is 30.2. The predicted octanol–water partition coefficient (Wildman–Crippen LogP) is 5.25. The van der Waals surface area contributed by atoms with Gasteiger partial charge in [0.1, 0.15) is 5.75 Å². The Balaban J connectivity index is 1.60. The van der Waals surface area contributed by atoms with Gasteiger partial charge in [-0.2, -0.15) is 0 Å². The van der Waals surface area contributed by atoms with Gasteiger partial charge in [-0.05, 0) is 42.8 Å². The van der Waals surface area contributed by atoms with E-state index in [1.807, 2.05) is 49.4 Å². The van der Waals surface area contributed by atoms with Crippen LogP contribution >= 0.6 is 23.4 Å². The fraction of sp³-hybridized carbons (Fsp3) is 0.231. The van der Waals surface area contributed by atoms with Gasteiger partial charge in [-0.3, -0.25) is 9.59 Å². The lowest BCUT2D eigenvalue weighted by Crippen LogP contribution is -2.50. The van der Waals surface area contributed by atoms with Crippen LogP contribution in [0.2, 0.25) is 5.02 Å². The van der Waals surface area contributed by atoms with Crippen molar-refractivity contribution in [3.63, 3.8) is 0 Å². The molecule has 0 aromatic heterocycles. The first-order valence-electron chi connectivity index (χ1n) is 10.7. The highest BCUT2D eigenvalue weighted by Gasteiger charge is 2.59. The molecular weight excluding hydrogens is 456 g/mol. The van der Waals surface area contributed by atoms with E-state index in [0.717, 1.165) is 22.4 Å². The molecule has 2 aliphatic rings. The minimum absolute atomic E-state index is 0.109. The van der Waals surface area contributed by atoms with Crippen LogP contribution in [0.1, 0.15) is 27.0 Å². The molecule has 1 saturated heterocycles. The van der Waals surface area contributed by atoms with E-state index in [9.17, 15) is 9.59 Å². The monoisotopic (exact) mass is 478 g/mol. The van der Waals surface area contributed by atoms with Gasteiger partial charge in [0.25, 0.3) is 11.8 Å². The van der Waals surface area contributed by atoms with E-state index in [1.54, 1.807) is 41.2 Å². The summed E-state index contributed by atoms with van der Waals surface area (Å²) in [7, 11) is 1.57. The Hall–Kier alpha value is -2.96. The molecule has 5 nitrogen and oxygen atoms in total. The first-order valence-corrected chi connectivity index (χ1v) is 12.1. The highest BCUT2D eigenvalue weighted by atomic mass is 35.5. The van der Waals surface area contributed by atoms with Crippen LogP contribution < -0.4 is 9.64 Å². The molecule has 168 valence electrons. The van der Waals surface area contributed by atoms with Crippen molar-refractivity contribution in [3.8, 4) is 5.75 Å². The molecule has 0 unspecified atom stereocenters. The average Bonchev–Trinajstić information content (AvgIpc) is 3.37. The highest BCUT2D eigenvalue weighted by molar-refractivity contribution is 8.01. The van der Waals surface area contributed by atoms with Crippen LogP contribution in [0.3, 0.4) is 0 Å². The zero-order chi connectivity index (χ0) is 23.2. The third kappa shape index (κ3) is 3.49. The molecule has 0 saturated carbocycles. The normalized spacial score (nSPS) is 19.3. The second kappa shape index (κ2) is 8.43. The molecule has 5 rings (SSSR count). The molecule has 33 heavy (non-hydrogen) atoms. The Morgan fingerprint density at radius 3 is 2.73 bits per heavy atom. The van der Waals surface area contributed by atoms with Gasteiger partial charge in [0.15, 0.2) is 4.87 Å². The molecule has 1 atom stereocenters. The maximum atomic E-state index is 14.1. The molecule has 2 heterocycles. The van der Waals surface area contributed by atoms with E-state index in [-0.39, 0.29) is 11.8 Å². The number of carbonyl (C=O) groups is 2. The fourth-order valence-corrected chi connectivity index (χ4v) is 6.24. The lowest BCUT2D eigenvalue weighted by atomic mass is 10.0. The predicted molar refractivity (Wildman–Crippen MR) is 132 cm³/mol. The summed E-state index contributed by atoms with van der Waals surface area (Å²) in [5.41, 5.74) is 4.09. The van der Waals surface area contributed by atoms with Gasteiger partial charge in [-0.15, -0.1) is 11.8 Å². The summed E-state index contributed by atoms with van der Waals surface area (Å²) in [6.07, 6.45) is 0. The number of fused-ring (bicyclic) bond motifs is 2. The molecule has 7 heteroatoms. The van der Waals surface area contributed by atoms with E-state index in [0.29, 0.717) is 35.2 Å². The van der Waals surface area contributed by atoms with Gasteiger partial charge in [0.2, 0.25) is 0 Å². The Morgan fingerprint density at radius 1 is 1.12 bits per heavy atom. The number of hydrogen-bond donors (Lipinski definition) is 0. The second-order valence-electron chi connectivity index (χ2n) is 8.18. The quantitative estimate of drug-likeness (QED) is 0.514. The molecule has 1 spiro atoms. The van der Waals surface area contributed by atoms with Crippen molar-refractivity contribution in [1.29, 1.82) is 0 Å². The number of ether oxygens (including phenoxy) is 1. The maximum absolute atomic E-state index is 14.1. The van der Waals surface area contributed by atoms with Crippen molar-refractivity contribution in [2.45, 2.75) is 18.3 Å². The Kier molecular flexibility index (Phi) is 5.59. The van der Waals surface area contributed by atoms with Crippen LogP contribution in [0.15, 0.2) is 66.7 Å². The number of carbonyl (C=O) groups excluding carboxylic acids is 2. The molecule has 2 aliphatic heterocycles. The smallest absolute Gasteiger partial charge is 0.268 e. The summed E-state index contributed by atoms with van der Waals surface area (Å²) in [6.45, 7) is 2.83. The molecule has 0 radical (unpaired) electrons. The molecular formula is C26H23ClN2O3S. The second-order valence-corrected chi connectivity index (χ2v) is 9.88. The SMILES string of the molecule is COc1cccc(C(=O)N2CCS[C@]23C(=O)N(Cc2ccccc2Cl)c2ccc(C)cc23)c1. The molecule has 2 amide bonds. The minimum atomic E-state index is -1.09. The van der Waals surface area contributed by atoms with Crippen molar-refractivity contribution >= 4 is 40.9 Å². The van der Waals surface area contributed by atoms with Crippen LogP contribution in [-0.2, 0) is 16.2 Å². The van der Waals surface area contributed by atoms with Crippen molar-refractivity contribution < 1.29 is 14.3 Å². The number of halogens is 1. The maximum Gasteiger partial charge on any atom is 0.268 e. The number of amides is 2. The third-order valence-electron chi connectivity index (χ3n) is 6.20. The summed E-state index contributed by atoms with van der Waals surface area (Å²) in [6, 6.07) is 20.6. The molecule has 1 fully saturated rings. The number of aryl methyl sites for hydroxylation is 1. The lowest BCUT2D eigenvalue weighted by molar-refractivity contribution is -0.123. The first-order chi connectivity index (χ1) is 16.0. The molecule has 3 aromatic rings. The summed E-state index contributed by atoms with van der Waals surface area (Å²) in [5.74, 6) is 0.992.